The van der Waals surface area contributed by atoms with Gasteiger partial charge in [0.1, 0.15) is 11.6 Å². The average molecular weight is 285 g/mol. The lowest BCUT2D eigenvalue weighted by molar-refractivity contribution is 0.402. The van der Waals surface area contributed by atoms with Gasteiger partial charge in [-0.15, -0.1) is 0 Å². The van der Waals surface area contributed by atoms with E-state index in [-0.39, 0.29) is 17.1 Å². The number of nitrogens with zero attached hydrogens (tertiary/aromatic N) is 2. The van der Waals surface area contributed by atoms with Crippen LogP contribution in [0.4, 0.5) is 10.2 Å². The Morgan fingerprint density at radius 2 is 2.05 bits per heavy atom. The molecule has 3 rings (SSSR count). The van der Waals surface area contributed by atoms with E-state index in [1.807, 2.05) is 0 Å². The maximum Gasteiger partial charge on any atom is 0.183 e. The molecular weight excluding hydrogens is 273 g/mol. The van der Waals surface area contributed by atoms with Gasteiger partial charge >= 0.3 is 0 Å². The van der Waals surface area contributed by atoms with Gasteiger partial charge < -0.3 is 15.0 Å². The fourth-order valence-corrected chi connectivity index (χ4v) is 2.16. The van der Waals surface area contributed by atoms with Crippen LogP contribution in [0.25, 0.3) is 22.5 Å². The number of hydrogen-bond donors (Lipinski definition) is 1. The fourth-order valence-electron chi connectivity index (χ4n) is 2.16. The maximum atomic E-state index is 14.2. The first kappa shape index (κ1) is 13.1. The summed E-state index contributed by atoms with van der Waals surface area (Å²) in [5.74, 6) is 0.255. The zero-order valence-corrected chi connectivity index (χ0v) is 11.2. The number of aromatic nitrogens is 2. The van der Waals surface area contributed by atoms with Gasteiger partial charge in [0.25, 0.3) is 0 Å². The third-order valence-electron chi connectivity index (χ3n) is 3.09. The molecule has 0 aliphatic heterocycles. The highest BCUT2D eigenvalue weighted by Crippen LogP contribution is 2.41. The molecule has 0 aliphatic carbocycles. The third-order valence-corrected chi connectivity index (χ3v) is 3.09. The fraction of sp³-hybridized carbons (Fsp3) is 0.0667. The van der Waals surface area contributed by atoms with Crippen LogP contribution < -0.4 is 10.5 Å². The third kappa shape index (κ3) is 2.20. The molecule has 21 heavy (non-hydrogen) atoms. The highest BCUT2D eigenvalue weighted by Gasteiger charge is 2.23. The van der Waals surface area contributed by atoms with Crippen molar-refractivity contribution in [1.29, 1.82) is 0 Å². The number of anilines is 1. The molecule has 3 aromatic rings. The summed E-state index contributed by atoms with van der Waals surface area (Å²) < 4.78 is 24.6. The lowest BCUT2D eigenvalue weighted by Gasteiger charge is -2.08. The van der Waals surface area contributed by atoms with E-state index in [1.54, 1.807) is 36.7 Å². The quantitative estimate of drug-likeness (QED) is 0.800. The van der Waals surface area contributed by atoms with Gasteiger partial charge in [-0.1, -0.05) is 17.3 Å². The molecule has 106 valence electrons. The molecule has 2 N–H and O–H groups in total. The summed E-state index contributed by atoms with van der Waals surface area (Å²) in [4.78, 5) is 4.03. The summed E-state index contributed by atoms with van der Waals surface area (Å²) in [6.07, 6.45) is 3.25. The second kappa shape index (κ2) is 5.24. The topological polar surface area (TPSA) is 74.2 Å². The van der Waals surface area contributed by atoms with Crippen molar-refractivity contribution in [2.75, 3.05) is 12.8 Å². The summed E-state index contributed by atoms with van der Waals surface area (Å²) in [6.45, 7) is 0. The maximum absolute atomic E-state index is 14.2. The summed E-state index contributed by atoms with van der Waals surface area (Å²) in [6, 6.07) is 8.08. The normalized spacial score (nSPS) is 10.6. The van der Waals surface area contributed by atoms with Crippen LogP contribution in [0.5, 0.6) is 5.75 Å². The van der Waals surface area contributed by atoms with Crippen molar-refractivity contribution in [2.24, 2.45) is 0 Å². The number of hydrogen-bond acceptors (Lipinski definition) is 5. The summed E-state index contributed by atoms with van der Waals surface area (Å²) in [5, 5.41) is 3.74. The largest absolute Gasteiger partial charge is 0.496 e. The Morgan fingerprint density at radius 3 is 2.76 bits per heavy atom. The van der Waals surface area contributed by atoms with E-state index >= 15 is 0 Å². The van der Waals surface area contributed by atoms with E-state index < -0.39 is 5.82 Å². The van der Waals surface area contributed by atoms with Crippen LogP contribution in [-0.4, -0.2) is 17.3 Å². The molecule has 0 saturated heterocycles. The van der Waals surface area contributed by atoms with Crippen LogP contribution in [0.3, 0.4) is 0 Å². The van der Waals surface area contributed by atoms with Gasteiger partial charge in [-0.2, -0.15) is 0 Å². The van der Waals surface area contributed by atoms with E-state index in [9.17, 15) is 4.39 Å². The number of benzene rings is 1. The number of methoxy groups -OCH3 is 1. The number of nitrogen functional groups attached to an aromatic ring is 1. The summed E-state index contributed by atoms with van der Waals surface area (Å²) >= 11 is 0. The first-order valence-electron chi connectivity index (χ1n) is 6.20. The van der Waals surface area contributed by atoms with E-state index in [0.717, 1.165) is 0 Å². The van der Waals surface area contributed by atoms with Crippen molar-refractivity contribution < 1.29 is 13.7 Å². The molecule has 5 nitrogen and oxygen atoms in total. The monoisotopic (exact) mass is 285 g/mol. The first-order chi connectivity index (χ1) is 10.2. The lowest BCUT2D eigenvalue weighted by Crippen LogP contribution is -1.93. The Labute approximate surface area is 120 Å². The molecule has 2 aromatic heterocycles. The number of pyridine rings is 1. The van der Waals surface area contributed by atoms with Crippen molar-refractivity contribution in [3.8, 4) is 28.2 Å². The molecule has 0 atom stereocenters. The Bertz CT molecular complexity index is 772. The highest BCUT2D eigenvalue weighted by atomic mass is 19.1. The Kier molecular flexibility index (Phi) is 3.27. The predicted molar refractivity (Wildman–Crippen MR) is 76.1 cm³/mol. The SMILES string of the molecule is COc1cccc(F)c1-c1onc(N)c1-c1cccnc1. The molecule has 0 fully saturated rings. The van der Waals surface area contributed by atoms with E-state index in [2.05, 4.69) is 10.1 Å². The van der Waals surface area contributed by atoms with Gasteiger partial charge in [0.2, 0.25) is 0 Å². The second-order valence-electron chi connectivity index (χ2n) is 4.33. The first-order valence-corrected chi connectivity index (χ1v) is 6.20. The molecule has 0 spiro atoms. The number of nitrogens with two attached hydrogens (primary N) is 1. The zero-order valence-electron chi connectivity index (χ0n) is 11.2. The summed E-state index contributed by atoms with van der Waals surface area (Å²) in [5.41, 5.74) is 7.22. The molecule has 0 bridgehead atoms. The van der Waals surface area contributed by atoms with Gasteiger partial charge in [-0.3, -0.25) is 4.98 Å². The van der Waals surface area contributed by atoms with Crippen LogP contribution >= 0.6 is 0 Å². The van der Waals surface area contributed by atoms with Gasteiger partial charge in [0.05, 0.1) is 18.2 Å². The molecule has 2 heterocycles. The van der Waals surface area contributed by atoms with Gasteiger partial charge in [-0.05, 0) is 18.2 Å². The Hall–Kier alpha value is -2.89. The van der Waals surface area contributed by atoms with Gasteiger partial charge in [0, 0.05) is 18.0 Å². The van der Waals surface area contributed by atoms with Crippen LogP contribution in [0.15, 0.2) is 47.2 Å². The highest BCUT2D eigenvalue weighted by molar-refractivity contribution is 5.88. The number of halogens is 1. The van der Waals surface area contributed by atoms with Crippen molar-refractivity contribution in [1.82, 2.24) is 10.1 Å². The minimum Gasteiger partial charge on any atom is -0.496 e. The summed E-state index contributed by atoms with van der Waals surface area (Å²) in [7, 11) is 1.46. The van der Waals surface area contributed by atoms with E-state index in [4.69, 9.17) is 15.0 Å². The number of ether oxygens (including phenoxy) is 1. The molecule has 0 unspecified atom stereocenters. The van der Waals surface area contributed by atoms with Crippen molar-refractivity contribution in [3.05, 3.63) is 48.5 Å². The van der Waals surface area contributed by atoms with Gasteiger partial charge in [0.15, 0.2) is 11.6 Å². The van der Waals surface area contributed by atoms with Crippen molar-refractivity contribution in [3.63, 3.8) is 0 Å². The van der Waals surface area contributed by atoms with Crippen LogP contribution in [0.1, 0.15) is 0 Å². The molecule has 0 saturated carbocycles. The number of rotatable bonds is 3. The molecule has 0 radical (unpaired) electrons. The molecule has 6 heteroatoms. The molecule has 1 aromatic carbocycles. The molecule has 0 aliphatic rings. The van der Waals surface area contributed by atoms with Crippen molar-refractivity contribution >= 4 is 5.82 Å². The van der Waals surface area contributed by atoms with Gasteiger partial charge in [-0.25, -0.2) is 4.39 Å². The average Bonchev–Trinajstić information content (AvgIpc) is 2.89. The minimum absolute atomic E-state index is 0.170. The second-order valence-corrected chi connectivity index (χ2v) is 4.33. The molecular formula is C15H12FN3O2. The lowest BCUT2D eigenvalue weighted by atomic mass is 10.0. The Balaban J connectivity index is 2.27. The Morgan fingerprint density at radius 1 is 1.19 bits per heavy atom. The van der Waals surface area contributed by atoms with Crippen molar-refractivity contribution in [2.45, 2.75) is 0 Å². The van der Waals surface area contributed by atoms with E-state index in [1.165, 1.54) is 13.2 Å². The van der Waals surface area contributed by atoms with Crippen LogP contribution in [-0.2, 0) is 0 Å². The van der Waals surface area contributed by atoms with E-state index in [0.29, 0.717) is 16.9 Å². The predicted octanol–water partition coefficient (Wildman–Crippen LogP) is 3.13. The van der Waals surface area contributed by atoms with Crippen LogP contribution in [0, 0.1) is 5.82 Å². The van der Waals surface area contributed by atoms with Crippen LogP contribution in [0.2, 0.25) is 0 Å². The minimum atomic E-state index is -0.476. The standard InChI is InChI=1S/C15H12FN3O2/c1-20-11-6-2-5-10(16)13(11)14-12(15(17)19-21-14)9-4-3-7-18-8-9/h2-8H,1H3,(H2,17,19). The smallest absolute Gasteiger partial charge is 0.183 e. The molecule has 0 amide bonds. The zero-order chi connectivity index (χ0) is 14.8.